The number of hydrogen-bond acceptors (Lipinski definition) is 3. The van der Waals surface area contributed by atoms with Gasteiger partial charge in [0.2, 0.25) is 5.91 Å². The minimum atomic E-state index is -0.335. The summed E-state index contributed by atoms with van der Waals surface area (Å²) in [6.07, 6.45) is 1.91. The van der Waals surface area contributed by atoms with Gasteiger partial charge in [0.05, 0.1) is 16.7 Å². The Morgan fingerprint density at radius 3 is 2.80 bits per heavy atom. The molecule has 0 saturated heterocycles. The second kappa shape index (κ2) is 6.40. The topological polar surface area (TPSA) is 52.9 Å². The molecule has 0 radical (unpaired) electrons. The zero-order valence-corrected chi connectivity index (χ0v) is 11.5. The number of carbonyl (C=O) groups excluding carboxylic acids is 1. The van der Waals surface area contributed by atoms with E-state index >= 15 is 0 Å². The highest BCUT2D eigenvalue weighted by atomic mass is 32.2. The van der Waals surface area contributed by atoms with Crippen molar-refractivity contribution < 1.29 is 9.18 Å². The lowest BCUT2D eigenvalue weighted by atomic mass is 9.87. The van der Waals surface area contributed by atoms with Gasteiger partial charge in [0.25, 0.3) is 0 Å². The molecule has 0 saturated carbocycles. The molecule has 2 rings (SSSR count). The van der Waals surface area contributed by atoms with Gasteiger partial charge >= 0.3 is 0 Å². The van der Waals surface area contributed by atoms with Gasteiger partial charge in [0, 0.05) is 18.1 Å². The van der Waals surface area contributed by atoms with Crippen molar-refractivity contribution in [2.75, 3.05) is 5.75 Å². The number of amides is 1. The second-order valence-corrected chi connectivity index (χ2v) is 5.34. The van der Waals surface area contributed by atoms with Crippen LogP contribution in [0, 0.1) is 17.1 Å². The van der Waals surface area contributed by atoms with Crippen LogP contribution < -0.4 is 5.32 Å². The average Bonchev–Trinajstić information content (AvgIpc) is 2.45. The molecule has 102 valence electrons. The molecule has 0 aromatic heterocycles. The van der Waals surface area contributed by atoms with Crippen LogP contribution in [0.15, 0.2) is 47.5 Å². The first-order chi connectivity index (χ1) is 9.65. The molecule has 0 fully saturated rings. The molecule has 1 aliphatic rings. The van der Waals surface area contributed by atoms with Crippen LogP contribution >= 0.6 is 11.8 Å². The monoisotopic (exact) mass is 288 g/mol. The van der Waals surface area contributed by atoms with Crippen LogP contribution in [0.1, 0.15) is 17.9 Å². The molecule has 0 unspecified atom stereocenters. The Hall–Kier alpha value is -2.06. The van der Waals surface area contributed by atoms with Crippen molar-refractivity contribution in [3.63, 3.8) is 0 Å². The van der Waals surface area contributed by atoms with Gasteiger partial charge in [-0.05, 0) is 17.7 Å². The first-order valence-electron chi connectivity index (χ1n) is 6.09. The number of benzene rings is 1. The smallest absolute Gasteiger partial charge is 0.225 e. The van der Waals surface area contributed by atoms with Crippen molar-refractivity contribution in [3.05, 3.63) is 58.9 Å². The Balaban J connectivity index is 2.39. The van der Waals surface area contributed by atoms with E-state index in [0.717, 1.165) is 5.56 Å². The van der Waals surface area contributed by atoms with Crippen LogP contribution in [0.5, 0.6) is 0 Å². The lowest BCUT2D eigenvalue weighted by Crippen LogP contribution is -2.30. The maximum Gasteiger partial charge on any atom is 0.225 e. The lowest BCUT2D eigenvalue weighted by molar-refractivity contribution is -0.120. The number of hydrogen-bond donors (Lipinski definition) is 1. The van der Waals surface area contributed by atoms with Crippen molar-refractivity contribution in [3.8, 4) is 6.07 Å². The van der Waals surface area contributed by atoms with Crippen LogP contribution in [0.2, 0.25) is 0 Å². The number of nitrogens with zero attached hydrogens (tertiary/aromatic N) is 1. The number of nitriles is 1. The van der Waals surface area contributed by atoms with Crippen LogP contribution in [-0.4, -0.2) is 11.7 Å². The fraction of sp³-hybridized carbons (Fsp3) is 0.200. The van der Waals surface area contributed by atoms with Gasteiger partial charge in [-0.15, -0.1) is 18.3 Å². The number of rotatable bonds is 4. The van der Waals surface area contributed by atoms with Crippen LogP contribution in [0.3, 0.4) is 0 Å². The van der Waals surface area contributed by atoms with Crippen LogP contribution in [0.4, 0.5) is 4.39 Å². The number of thioether (sulfide) groups is 1. The van der Waals surface area contributed by atoms with E-state index in [1.54, 1.807) is 18.2 Å². The standard InChI is InChI=1S/C15H13FN2OS/c1-2-7-20-15-13(9-17)12(8-14(19)18-15)10-3-5-11(16)6-4-10/h2-6,12H,1,7-8H2,(H,18,19)/t12-/m0/s1. The highest BCUT2D eigenvalue weighted by Crippen LogP contribution is 2.35. The summed E-state index contributed by atoms with van der Waals surface area (Å²) < 4.78 is 13.0. The van der Waals surface area contributed by atoms with E-state index in [4.69, 9.17) is 0 Å². The predicted octanol–water partition coefficient (Wildman–Crippen LogP) is 3.08. The first kappa shape index (κ1) is 14.4. The molecule has 0 bridgehead atoms. The van der Waals surface area contributed by atoms with Crippen molar-refractivity contribution in [2.45, 2.75) is 12.3 Å². The summed E-state index contributed by atoms with van der Waals surface area (Å²) in [7, 11) is 0. The number of carbonyl (C=O) groups is 1. The predicted molar refractivity (Wildman–Crippen MR) is 77.2 cm³/mol. The second-order valence-electron chi connectivity index (χ2n) is 4.31. The zero-order chi connectivity index (χ0) is 14.5. The Labute approximate surface area is 121 Å². The third kappa shape index (κ3) is 3.09. The summed E-state index contributed by atoms with van der Waals surface area (Å²) in [6, 6.07) is 8.08. The largest absolute Gasteiger partial charge is 0.320 e. The van der Waals surface area contributed by atoms with Crippen molar-refractivity contribution in [1.29, 1.82) is 5.26 Å². The summed E-state index contributed by atoms with van der Waals surface area (Å²) in [4.78, 5) is 11.8. The molecule has 1 amide bonds. The maximum absolute atomic E-state index is 13.0. The fourth-order valence-electron chi connectivity index (χ4n) is 2.06. The summed E-state index contributed by atoms with van der Waals surface area (Å²) in [5.74, 6) is -0.180. The summed E-state index contributed by atoms with van der Waals surface area (Å²) in [5, 5.41) is 12.7. The van der Waals surface area contributed by atoms with Crippen molar-refractivity contribution in [2.24, 2.45) is 0 Å². The van der Waals surface area contributed by atoms with Crippen molar-refractivity contribution in [1.82, 2.24) is 5.32 Å². The molecular formula is C15H13FN2OS. The molecule has 1 aromatic rings. The summed E-state index contributed by atoms with van der Waals surface area (Å²) in [6.45, 7) is 3.62. The van der Waals surface area contributed by atoms with E-state index in [1.165, 1.54) is 23.9 Å². The van der Waals surface area contributed by atoms with E-state index in [1.807, 2.05) is 0 Å². The Bertz CT molecular complexity index is 601. The Morgan fingerprint density at radius 1 is 1.50 bits per heavy atom. The van der Waals surface area contributed by atoms with Gasteiger partial charge in [-0.3, -0.25) is 4.79 Å². The van der Waals surface area contributed by atoms with Gasteiger partial charge in [-0.2, -0.15) is 5.26 Å². The lowest BCUT2D eigenvalue weighted by Gasteiger charge is -2.24. The van der Waals surface area contributed by atoms with Crippen LogP contribution in [-0.2, 0) is 4.79 Å². The molecule has 1 aromatic carbocycles. The molecule has 3 nitrogen and oxygen atoms in total. The van der Waals surface area contributed by atoms with E-state index in [-0.39, 0.29) is 24.1 Å². The van der Waals surface area contributed by atoms with Gasteiger partial charge in [0.1, 0.15) is 5.82 Å². The number of halogens is 1. The van der Waals surface area contributed by atoms with Crippen molar-refractivity contribution >= 4 is 17.7 Å². The highest BCUT2D eigenvalue weighted by molar-refractivity contribution is 8.03. The maximum atomic E-state index is 13.0. The molecule has 1 N–H and O–H groups in total. The molecule has 0 aliphatic carbocycles. The molecule has 0 spiro atoms. The summed E-state index contributed by atoms with van der Waals surface area (Å²) in [5.41, 5.74) is 1.29. The van der Waals surface area contributed by atoms with E-state index < -0.39 is 0 Å². The minimum Gasteiger partial charge on any atom is -0.320 e. The third-order valence-corrected chi connectivity index (χ3v) is 3.99. The van der Waals surface area contributed by atoms with E-state index in [9.17, 15) is 14.4 Å². The van der Waals surface area contributed by atoms with Crippen LogP contribution in [0.25, 0.3) is 0 Å². The SMILES string of the molecule is C=CCSC1=C(C#N)[C@H](c2ccc(F)cc2)CC(=O)N1. The van der Waals surface area contributed by atoms with Gasteiger partial charge in [-0.1, -0.05) is 18.2 Å². The fourth-order valence-corrected chi connectivity index (χ4v) is 2.87. The number of nitrogens with one attached hydrogen (secondary N) is 1. The molecule has 20 heavy (non-hydrogen) atoms. The van der Waals surface area contributed by atoms with Gasteiger partial charge in [-0.25, -0.2) is 4.39 Å². The molecule has 1 heterocycles. The highest BCUT2D eigenvalue weighted by Gasteiger charge is 2.29. The molecular weight excluding hydrogens is 275 g/mol. The number of allylic oxidation sites excluding steroid dienone is 1. The minimum absolute atomic E-state index is 0.134. The first-order valence-corrected chi connectivity index (χ1v) is 7.07. The van der Waals surface area contributed by atoms with E-state index in [0.29, 0.717) is 16.4 Å². The molecule has 1 aliphatic heterocycles. The van der Waals surface area contributed by atoms with E-state index in [2.05, 4.69) is 18.0 Å². The van der Waals surface area contributed by atoms with Gasteiger partial charge < -0.3 is 5.32 Å². The Morgan fingerprint density at radius 2 is 2.20 bits per heavy atom. The summed E-state index contributed by atoms with van der Waals surface area (Å²) >= 11 is 1.37. The quantitative estimate of drug-likeness (QED) is 0.866. The molecule has 1 atom stereocenters. The average molecular weight is 288 g/mol. The van der Waals surface area contributed by atoms with Gasteiger partial charge in [0.15, 0.2) is 0 Å². The normalized spacial score (nSPS) is 18.4. The zero-order valence-electron chi connectivity index (χ0n) is 10.7. The third-order valence-electron chi connectivity index (χ3n) is 2.97. The Kier molecular flexibility index (Phi) is 4.59. The molecule has 5 heteroatoms.